The third kappa shape index (κ3) is 3.92. The molecule has 36 heavy (non-hydrogen) atoms. The average molecular weight is 475 g/mol. The van der Waals surface area contributed by atoms with E-state index in [-0.39, 0.29) is 0 Å². The number of aromatic amines is 2. The molecule has 0 saturated heterocycles. The van der Waals surface area contributed by atoms with Gasteiger partial charge in [-0.2, -0.15) is 5.10 Å². The highest BCUT2D eigenvalue weighted by Gasteiger charge is 2.15. The minimum absolute atomic E-state index is 0.830. The van der Waals surface area contributed by atoms with Gasteiger partial charge in [-0.25, -0.2) is 9.97 Å². The summed E-state index contributed by atoms with van der Waals surface area (Å²) in [4.78, 5) is 16.9. The van der Waals surface area contributed by atoms with Gasteiger partial charge in [-0.3, -0.25) is 14.6 Å². The first-order valence-electron chi connectivity index (χ1n) is 12.0. The van der Waals surface area contributed by atoms with Gasteiger partial charge in [0, 0.05) is 40.6 Å². The third-order valence-corrected chi connectivity index (χ3v) is 6.25. The van der Waals surface area contributed by atoms with Gasteiger partial charge >= 0.3 is 0 Å². The van der Waals surface area contributed by atoms with Gasteiger partial charge < -0.3 is 10.3 Å². The summed E-state index contributed by atoms with van der Waals surface area (Å²) >= 11 is 0. The number of hydrogen-bond acceptors (Lipinski definition) is 5. The van der Waals surface area contributed by atoms with Crippen LogP contribution >= 0.6 is 0 Å². The molecule has 1 aromatic carbocycles. The van der Waals surface area contributed by atoms with Crippen molar-refractivity contribution in [2.75, 3.05) is 5.32 Å². The molecule has 6 aromatic rings. The van der Waals surface area contributed by atoms with Crippen LogP contribution in [0.15, 0.2) is 79.8 Å². The van der Waals surface area contributed by atoms with Gasteiger partial charge in [-0.15, -0.1) is 0 Å². The molecule has 0 saturated carbocycles. The SMILES string of the molecule is C=C(CCC)Nc1cncc(-c2ccc3[nH]nc(-c4cc5c(-n6cnc(C)c6)nccc5[nH]4)c3c2)c1. The molecular formula is C28H26N8. The number of imidazole rings is 1. The largest absolute Gasteiger partial charge is 0.358 e. The van der Waals surface area contributed by atoms with Crippen molar-refractivity contribution < 1.29 is 0 Å². The zero-order valence-corrected chi connectivity index (χ0v) is 20.2. The minimum Gasteiger partial charge on any atom is -0.358 e. The van der Waals surface area contributed by atoms with E-state index in [0.29, 0.717) is 0 Å². The lowest BCUT2D eigenvalue weighted by Gasteiger charge is -2.10. The topological polar surface area (TPSA) is 100 Å². The number of fused-ring (bicyclic) bond motifs is 2. The van der Waals surface area contributed by atoms with Crippen molar-refractivity contribution in [1.29, 1.82) is 0 Å². The van der Waals surface area contributed by atoms with Crippen molar-refractivity contribution in [3.63, 3.8) is 0 Å². The van der Waals surface area contributed by atoms with Crippen molar-refractivity contribution in [2.24, 2.45) is 0 Å². The van der Waals surface area contributed by atoms with E-state index in [2.05, 4.69) is 79.3 Å². The maximum atomic E-state index is 4.64. The molecule has 0 amide bonds. The Morgan fingerprint density at radius 3 is 2.78 bits per heavy atom. The Balaban J connectivity index is 1.40. The number of allylic oxidation sites excluding steroid dienone is 1. The second-order valence-electron chi connectivity index (χ2n) is 8.97. The number of rotatable bonds is 7. The standard InChI is InChI=1S/C28H26N8/c1-4-5-17(2)32-21-10-20(13-29-14-21)19-6-7-25-22(11-19)27(35-34-25)26-12-23-24(33-26)8-9-30-28(23)36-15-18(3)31-16-36/h6-16,32-33H,2,4-5H2,1,3H3,(H,34,35). The Hall–Kier alpha value is -4.72. The maximum Gasteiger partial charge on any atom is 0.147 e. The smallest absolute Gasteiger partial charge is 0.147 e. The van der Waals surface area contributed by atoms with Crippen molar-refractivity contribution in [1.82, 2.24) is 34.7 Å². The van der Waals surface area contributed by atoms with E-state index in [9.17, 15) is 0 Å². The Bertz CT molecular complexity index is 1720. The minimum atomic E-state index is 0.830. The van der Waals surface area contributed by atoms with E-state index in [4.69, 9.17) is 0 Å². The molecule has 0 unspecified atom stereocenters. The van der Waals surface area contributed by atoms with Crippen LogP contribution in [0.25, 0.3) is 50.1 Å². The van der Waals surface area contributed by atoms with Gasteiger partial charge in [0.2, 0.25) is 0 Å². The molecule has 0 radical (unpaired) electrons. The van der Waals surface area contributed by atoms with Crippen LogP contribution in [0.2, 0.25) is 0 Å². The van der Waals surface area contributed by atoms with E-state index in [1.165, 1.54) is 0 Å². The van der Waals surface area contributed by atoms with E-state index in [0.717, 1.165) is 80.1 Å². The highest BCUT2D eigenvalue weighted by atomic mass is 15.1. The number of aromatic nitrogens is 7. The highest BCUT2D eigenvalue weighted by Crippen LogP contribution is 2.33. The molecule has 8 nitrogen and oxygen atoms in total. The fourth-order valence-electron chi connectivity index (χ4n) is 4.54. The molecule has 178 valence electrons. The number of hydrogen-bond donors (Lipinski definition) is 3. The molecule has 0 spiro atoms. The van der Waals surface area contributed by atoms with Crippen LogP contribution in [0.3, 0.4) is 0 Å². The Labute approximate surface area is 208 Å². The lowest BCUT2D eigenvalue weighted by atomic mass is 10.0. The molecule has 8 heteroatoms. The van der Waals surface area contributed by atoms with Crippen LogP contribution in [-0.4, -0.2) is 34.7 Å². The summed E-state index contributed by atoms with van der Waals surface area (Å²) in [6, 6.07) is 12.5. The number of nitrogens with zero attached hydrogens (tertiary/aromatic N) is 5. The summed E-state index contributed by atoms with van der Waals surface area (Å²) in [6.45, 7) is 8.21. The number of aryl methyl sites for hydroxylation is 1. The first-order chi connectivity index (χ1) is 17.6. The van der Waals surface area contributed by atoms with Crippen LogP contribution in [0.1, 0.15) is 25.5 Å². The van der Waals surface area contributed by atoms with Crippen LogP contribution in [0.4, 0.5) is 5.69 Å². The number of benzene rings is 1. The zero-order valence-electron chi connectivity index (χ0n) is 20.2. The summed E-state index contributed by atoms with van der Waals surface area (Å²) in [6.07, 6.45) is 11.2. The predicted molar refractivity (Wildman–Crippen MR) is 144 cm³/mol. The molecular weight excluding hydrogens is 448 g/mol. The van der Waals surface area contributed by atoms with E-state index in [1.807, 2.05) is 36.1 Å². The fourth-order valence-corrected chi connectivity index (χ4v) is 4.54. The highest BCUT2D eigenvalue weighted by molar-refractivity contribution is 5.99. The molecule has 5 aromatic heterocycles. The summed E-state index contributed by atoms with van der Waals surface area (Å²) in [5.41, 5.74) is 8.69. The van der Waals surface area contributed by atoms with Crippen LogP contribution in [0, 0.1) is 6.92 Å². The number of nitrogens with one attached hydrogen (secondary N) is 3. The summed E-state index contributed by atoms with van der Waals surface area (Å²) in [5.74, 6) is 0.830. The van der Waals surface area contributed by atoms with Gasteiger partial charge in [0.15, 0.2) is 0 Å². The van der Waals surface area contributed by atoms with Crippen molar-refractivity contribution >= 4 is 27.5 Å². The quantitative estimate of drug-likeness (QED) is 0.249. The number of pyridine rings is 2. The second kappa shape index (κ2) is 8.81. The Morgan fingerprint density at radius 2 is 1.94 bits per heavy atom. The average Bonchev–Trinajstić information content (AvgIpc) is 3.61. The summed E-state index contributed by atoms with van der Waals surface area (Å²) in [5, 5.41) is 13.2. The molecule has 0 bridgehead atoms. The van der Waals surface area contributed by atoms with Crippen molar-refractivity contribution in [3.05, 3.63) is 85.5 Å². The predicted octanol–water partition coefficient (Wildman–Crippen LogP) is 6.39. The van der Waals surface area contributed by atoms with Gasteiger partial charge in [-0.05, 0) is 49.2 Å². The number of H-pyrrole nitrogens is 2. The molecule has 3 N–H and O–H groups in total. The monoisotopic (exact) mass is 474 g/mol. The van der Waals surface area contributed by atoms with Gasteiger partial charge in [-0.1, -0.05) is 26.0 Å². The molecule has 0 aliphatic carbocycles. The van der Waals surface area contributed by atoms with E-state index < -0.39 is 0 Å². The molecule has 6 rings (SSSR count). The molecule has 0 aliphatic rings. The zero-order chi connectivity index (χ0) is 24.6. The lowest BCUT2D eigenvalue weighted by molar-refractivity contribution is 0.913. The Kier molecular flexibility index (Phi) is 5.33. The van der Waals surface area contributed by atoms with Crippen molar-refractivity contribution in [2.45, 2.75) is 26.7 Å². The molecule has 0 aliphatic heterocycles. The van der Waals surface area contributed by atoms with Crippen LogP contribution in [-0.2, 0) is 0 Å². The third-order valence-electron chi connectivity index (χ3n) is 6.25. The van der Waals surface area contributed by atoms with E-state index in [1.54, 1.807) is 12.5 Å². The molecule has 0 atom stereocenters. The first kappa shape index (κ1) is 21.8. The lowest BCUT2D eigenvalue weighted by Crippen LogP contribution is -1.98. The molecule has 5 heterocycles. The van der Waals surface area contributed by atoms with Gasteiger partial charge in [0.25, 0.3) is 0 Å². The van der Waals surface area contributed by atoms with Crippen LogP contribution in [0.5, 0.6) is 0 Å². The second-order valence-corrected chi connectivity index (χ2v) is 8.97. The van der Waals surface area contributed by atoms with Gasteiger partial charge in [0.1, 0.15) is 17.8 Å². The number of anilines is 1. The summed E-state index contributed by atoms with van der Waals surface area (Å²) < 4.78 is 1.94. The summed E-state index contributed by atoms with van der Waals surface area (Å²) in [7, 11) is 0. The normalized spacial score (nSPS) is 11.4. The molecule has 0 fully saturated rings. The maximum absolute atomic E-state index is 4.64. The van der Waals surface area contributed by atoms with Crippen molar-refractivity contribution in [3.8, 4) is 28.3 Å². The Morgan fingerprint density at radius 1 is 1.03 bits per heavy atom. The van der Waals surface area contributed by atoms with Gasteiger partial charge in [0.05, 0.1) is 34.3 Å². The van der Waals surface area contributed by atoms with E-state index >= 15 is 0 Å². The first-order valence-corrected chi connectivity index (χ1v) is 12.0. The van der Waals surface area contributed by atoms with Crippen LogP contribution < -0.4 is 5.32 Å². The fraction of sp³-hybridized carbons (Fsp3) is 0.143.